The van der Waals surface area contributed by atoms with Crippen molar-refractivity contribution in [2.45, 2.75) is 32.6 Å². The summed E-state index contributed by atoms with van der Waals surface area (Å²) >= 11 is 6.10. The molecule has 0 saturated carbocycles. The van der Waals surface area contributed by atoms with Gasteiger partial charge in [-0.05, 0) is 55.3 Å². The van der Waals surface area contributed by atoms with Gasteiger partial charge in [0.15, 0.2) is 6.61 Å². The smallest absolute Gasteiger partial charge is 0.262 e. The van der Waals surface area contributed by atoms with Crippen molar-refractivity contribution in [2.75, 3.05) is 25.0 Å². The van der Waals surface area contributed by atoms with Crippen LogP contribution in [0.5, 0.6) is 5.75 Å². The van der Waals surface area contributed by atoms with Crippen LogP contribution in [0.2, 0.25) is 5.02 Å². The standard InChI is InChI=1S/C20H25ClN2O4S/c1-5-23(6-2)28(25,26)19-12-16(7-8-18(19)21)22-20(24)13-27-17-10-14(3)9-15(4)11-17/h7-12H,5-6,13H2,1-4H3,(H,22,24). The Hall–Kier alpha value is -2.09. The number of hydrogen-bond donors (Lipinski definition) is 1. The number of amides is 1. The molecule has 2 rings (SSSR count). The number of anilines is 1. The lowest BCUT2D eigenvalue weighted by Crippen LogP contribution is -2.31. The highest BCUT2D eigenvalue weighted by Crippen LogP contribution is 2.27. The fourth-order valence-electron chi connectivity index (χ4n) is 2.84. The minimum Gasteiger partial charge on any atom is -0.484 e. The van der Waals surface area contributed by atoms with E-state index in [0.29, 0.717) is 24.5 Å². The Morgan fingerprint density at radius 1 is 1.07 bits per heavy atom. The molecule has 2 aromatic rings. The minimum atomic E-state index is -3.74. The van der Waals surface area contributed by atoms with Gasteiger partial charge in [-0.1, -0.05) is 31.5 Å². The zero-order chi connectivity index (χ0) is 20.9. The summed E-state index contributed by atoms with van der Waals surface area (Å²) in [6.07, 6.45) is 0. The lowest BCUT2D eigenvalue weighted by molar-refractivity contribution is -0.118. The van der Waals surface area contributed by atoms with Crippen LogP contribution in [0.3, 0.4) is 0 Å². The molecule has 6 nitrogen and oxygen atoms in total. The van der Waals surface area contributed by atoms with Gasteiger partial charge in [-0.3, -0.25) is 4.79 Å². The Kier molecular flexibility index (Phi) is 7.46. The molecule has 0 atom stereocenters. The number of rotatable bonds is 8. The van der Waals surface area contributed by atoms with E-state index in [4.69, 9.17) is 16.3 Å². The van der Waals surface area contributed by atoms with Crippen molar-refractivity contribution in [2.24, 2.45) is 0 Å². The van der Waals surface area contributed by atoms with Gasteiger partial charge < -0.3 is 10.1 Å². The number of sulfonamides is 1. The highest BCUT2D eigenvalue weighted by molar-refractivity contribution is 7.89. The molecule has 8 heteroatoms. The normalized spacial score (nSPS) is 11.5. The van der Waals surface area contributed by atoms with Crippen LogP contribution < -0.4 is 10.1 Å². The maximum atomic E-state index is 12.7. The van der Waals surface area contributed by atoms with Crippen LogP contribution in [0.4, 0.5) is 5.69 Å². The molecule has 0 aromatic heterocycles. The van der Waals surface area contributed by atoms with Crippen molar-refractivity contribution in [3.8, 4) is 5.75 Å². The van der Waals surface area contributed by atoms with Gasteiger partial charge in [0.05, 0.1) is 5.02 Å². The zero-order valence-corrected chi connectivity index (χ0v) is 18.0. The Balaban J connectivity index is 2.13. The van der Waals surface area contributed by atoms with E-state index < -0.39 is 15.9 Å². The third-order valence-corrected chi connectivity index (χ3v) is 6.63. The molecule has 0 saturated heterocycles. The Morgan fingerprint density at radius 3 is 2.25 bits per heavy atom. The minimum absolute atomic E-state index is 0.0362. The molecule has 0 aliphatic rings. The molecule has 0 radical (unpaired) electrons. The first-order chi connectivity index (χ1) is 13.2. The van der Waals surface area contributed by atoms with Crippen LogP contribution in [0.1, 0.15) is 25.0 Å². The van der Waals surface area contributed by atoms with Crippen molar-refractivity contribution >= 4 is 33.2 Å². The third-order valence-electron chi connectivity index (χ3n) is 4.10. The van der Waals surface area contributed by atoms with Gasteiger partial charge in [-0.15, -0.1) is 0 Å². The van der Waals surface area contributed by atoms with E-state index in [1.165, 1.54) is 16.4 Å². The topological polar surface area (TPSA) is 75.7 Å². The summed E-state index contributed by atoms with van der Waals surface area (Å²) in [5, 5.41) is 2.76. The van der Waals surface area contributed by atoms with Crippen LogP contribution >= 0.6 is 11.6 Å². The lowest BCUT2D eigenvalue weighted by atomic mass is 10.1. The molecule has 0 aliphatic carbocycles. The van der Waals surface area contributed by atoms with E-state index in [2.05, 4.69) is 5.32 Å². The number of aryl methyl sites for hydroxylation is 2. The summed E-state index contributed by atoms with van der Waals surface area (Å²) in [5.41, 5.74) is 2.42. The average Bonchev–Trinajstić information content (AvgIpc) is 2.61. The van der Waals surface area contributed by atoms with Crippen LogP contribution in [0.15, 0.2) is 41.3 Å². The van der Waals surface area contributed by atoms with Crippen molar-refractivity contribution in [3.63, 3.8) is 0 Å². The first-order valence-corrected chi connectivity index (χ1v) is 10.8. The SMILES string of the molecule is CCN(CC)S(=O)(=O)c1cc(NC(=O)COc2cc(C)cc(C)c2)ccc1Cl. The Morgan fingerprint density at radius 2 is 1.68 bits per heavy atom. The molecule has 0 aliphatic heterocycles. The van der Waals surface area contributed by atoms with Gasteiger partial charge in [0.25, 0.3) is 5.91 Å². The van der Waals surface area contributed by atoms with Crippen molar-refractivity contribution in [3.05, 3.63) is 52.5 Å². The van der Waals surface area contributed by atoms with E-state index in [9.17, 15) is 13.2 Å². The van der Waals surface area contributed by atoms with E-state index in [-0.39, 0.29) is 16.5 Å². The van der Waals surface area contributed by atoms with E-state index >= 15 is 0 Å². The number of nitrogens with one attached hydrogen (secondary N) is 1. The second kappa shape index (κ2) is 9.41. The van der Waals surface area contributed by atoms with Crippen LogP contribution in [0.25, 0.3) is 0 Å². The summed E-state index contributed by atoms with van der Waals surface area (Å²) < 4.78 is 32.3. The van der Waals surface area contributed by atoms with Crippen LogP contribution in [-0.2, 0) is 14.8 Å². The molecule has 28 heavy (non-hydrogen) atoms. The van der Waals surface area contributed by atoms with Gasteiger partial charge >= 0.3 is 0 Å². The summed E-state index contributed by atoms with van der Waals surface area (Å²) in [6, 6.07) is 10.1. The van der Waals surface area contributed by atoms with E-state index in [0.717, 1.165) is 11.1 Å². The fourth-order valence-corrected chi connectivity index (χ4v) is 4.80. The van der Waals surface area contributed by atoms with Gasteiger partial charge in [0, 0.05) is 18.8 Å². The third kappa shape index (κ3) is 5.47. The first kappa shape index (κ1) is 22.2. The summed E-state index contributed by atoms with van der Waals surface area (Å²) in [4.78, 5) is 12.2. The van der Waals surface area contributed by atoms with Crippen molar-refractivity contribution in [1.29, 1.82) is 0 Å². The van der Waals surface area contributed by atoms with Crippen molar-refractivity contribution < 1.29 is 17.9 Å². The zero-order valence-electron chi connectivity index (χ0n) is 16.5. The largest absolute Gasteiger partial charge is 0.484 e. The molecule has 0 bridgehead atoms. The summed E-state index contributed by atoms with van der Waals surface area (Å²) in [5.74, 6) is 0.209. The van der Waals surface area contributed by atoms with E-state index in [1.807, 2.05) is 32.0 Å². The molecule has 0 unspecified atom stereocenters. The second-order valence-corrected chi connectivity index (χ2v) is 8.71. The predicted octanol–water partition coefficient (Wildman–Crippen LogP) is 4.00. The highest BCUT2D eigenvalue weighted by Gasteiger charge is 2.25. The molecular weight excluding hydrogens is 400 g/mol. The molecule has 0 spiro atoms. The predicted molar refractivity (Wildman–Crippen MR) is 112 cm³/mol. The lowest BCUT2D eigenvalue weighted by Gasteiger charge is -2.19. The van der Waals surface area contributed by atoms with Gasteiger partial charge in [-0.2, -0.15) is 4.31 Å². The molecular formula is C20H25ClN2O4S. The quantitative estimate of drug-likeness (QED) is 0.694. The van der Waals surface area contributed by atoms with E-state index in [1.54, 1.807) is 19.9 Å². The molecule has 1 N–H and O–H groups in total. The Bertz CT molecular complexity index is 936. The number of halogens is 1. The highest BCUT2D eigenvalue weighted by atomic mass is 35.5. The maximum Gasteiger partial charge on any atom is 0.262 e. The molecule has 2 aromatic carbocycles. The fraction of sp³-hybridized carbons (Fsp3) is 0.350. The number of carbonyl (C=O) groups is 1. The van der Waals surface area contributed by atoms with Crippen LogP contribution in [0, 0.1) is 13.8 Å². The number of carbonyl (C=O) groups excluding carboxylic acids is 1. The molecule has 1 amide bonds. The second-order valence-electron chi connectivity index (χ2n) is 6.39. The Labute approximate surface area is 171 Å². The first-order valence-electron chi connectivity index (χ1n) is 8.98. The molecule has 0 fully saturated rings. The van der Waals surface area contributed by atoms with Gasteiger partial charge in [-0.25, -0.2) is 8.42 Å². The molecule has 0 heterocycles. The van der Waals surface area contributed by atoms with Crippen LogP contribution in [-0.4, -0.2) is 38.3 Å². The average molecular weight is 425 g/mol. The molecule has 152 valence electrons. The number of nitrogens with zero attached hydrogens (tertiary/aromatic N) is 1. The van der Waals surface area contributed by atoms with Gasteiger partial charge in [0.2, 0.25) is 10.0 Å². The monoisotopic (exact) mass is 424 g/mol. The summed E-state index contributed by atoms with van der Waals surface area (Å²) in [6.45, 7) is 7.88. The number of benzene rings is 2. The summed E-state index contributed by atoms with van der Waals surface area (Å²) in [7, 11) is -3.74. The van der Waals surface area contributed by atoms with Gasteiger partial charge in [0.1, 0.15) is 10.6 Å². The maximum absolute atomic E-state index is 12.7. The number of hydrogen-bond acceptors (Lipinski definition) is 4. The van der Waals surface area contributed by atoms with Crippen molar-refractivity contribution in [1.82, 2.24) is 4.31 Å². The number of ether oxygens (including phenoxy) is 1.